The fraction of sp³-hybridized carbons (Fsp3) is 0.455. The molecular formula is C11H17N3OS2. The first-order chi connectivity index (χ1) is 8.27. The van der Waals surface area contributed by atoms with Gasteiger partial charge in [-0.1, -0.05) is 11.8 Å². The van der Waals surface area contributed by atoms with Gasteiger partial charge in [-0.25, -0.2) is 0 Å². The zero-order valence-corrected chi connectivity index (χ0v) is 11.6. The number of nitrogens with zero attached hydrogens (tertiary/aromatic N) is 2. The van der Waals surface area contributed by atoms with E-state index in [0.29, 0.717) is 0 Å². The Balaban J connectivity index is 2.19. The second-order valence-corrected chi connectivity index (χ2v) is 5.08. The SMILES string of the molecule is CN=C(NCCSCc1ncccc1O)SC. The standard InChI is InChI=1S/C11H17N3OS2/c1-12-11(16-2)14-6-7-17-8-9-10(15)4-3-5-13-9/h3-5,15H,6-8H2,1-2H3,(H,12,14). The van der Waals surface area contributed by atoms with E-state index in [9.17, 15) is 5.11 Å². The predicted octanol–water partition coefficient (Wildman–Crippen LogP) is 1.96. The number of rotatable bonds is 5. The number of aromatic nitrogens is 1. The third-order valence-corrected chi connectivity index (χ3v) is 3.71. The molecule has 1 rings (SSSR count). The molecule has 0 spiro atoms. The molecule has 2 N–H and O–H groups in total. The zero-order chi connectivity index (χ0) is 12.5. The van der Waals surface area contributed by atoms with Gasteiger partial charge in [0, 0.05) is 31.3 Å². The molecular weight excluding hydrogens is 254 g/mol. The van der Waals surface area contributed by atoms with Crippen LogP contribution in [0.3, 0.4) is 0 Å². The first kappa shape index (κ1) is 14.2. The van der Waals surface area contributed by atoms with Gasteiger partial charge in [-0.15, -0.1) is 0 Å². The third-order valence-electron chi connectivity index (χ3n) is 2.02. The molecule has 1 aromatic heterocycles. The largest absolute Gasteiger partial charge is 0.506 e. The number of thioether (sulfide) groups is 2. The van der Waals surface area contributed by atoms with E-state index < -0.39 is 0 Å². The highest BCUT2D eigenvalue weighted by Gasteiger charge is 2.01. The molecule has 1 aromatic rings. The normalized spacial score (nSPS) is 11.5. The minimum Gasteiger partial charge on any atom is -0.506 e. The van der Waals surface area contributed by atoms with E-state index >= 15 is 0 Å². The van der Waals surface area contributed by atoms with Crippen LogP contribution in [0, 0.1) is 0 Å². The van der Waals surface area contributed by atoms with Gasteiger partial charge in [-0.05, 0) is 18.4 Å². The van der Waals surface area contributed by atoms with Crippen LogP contribution in [0.4, 0.5) is 0 Å². The van der Waals surface area contributed by atoms with E-state index in [1.807, 2.05) is 6.26 Å². The maximum absolute atomic E-state index is 9.52. The summed E-state index contributed by atoms with van der Waals surface area (Å²) in [6, 6.07) is 3.39. The Kier molecular flexibility index (Phi) is 6.88. The van der Waals surface area contributed by atoms with Gasteiger partial charge in [0.05, 0.1) is 5.69 Å². The summed E-state index contributed by atoms with van der Waals surface area (Å²) in [5.74, 6) is 1.95. The summed E-state index contributed by atoms with van der Waals surface area (Å²) in [6.45, 7) is 0.867. The zero-order valence-electron chi connectivity index (χ0n) is 10.0. The Hall–Kier alpha value is -0.880. The summed E-state index contributed by atoms with van der Waals surface area (Å²) in [5, 5.41) is 13.7. The van der Waals surface area contributed by atoms with E-state index in [2.05, 4.69) is 15.3 Å². The summed E-state index contributed by atoms with van der Waals surface area (Å²) in [7, 11) is 1.78. The fourth-order valence-corrected chi connectivity index (χ4v) is 2.42. The Morgan fingerprint density at radius 2 is 2.41 bits per heavy atom. The molecule has 0 aromatic carbocycles. The molecule has 0 saturated carbocycles. The van der Waals surface area contributed by atoms with E-state index in [0.717, 1.165) is 28.9 Å². The molecule has 0 aliphatic rings. The summed E-state index contributed by atoms with van der Waals surface area (Å²) < 4.78 is 0. The molecule has 0 aliphatic carbocycles. The van der Waals surface area contributed by atoms with Crippen molar-refractivity contribution in [3.63, 3.8) is 0 Å². The Labute approximate surface area is 110 Å². The molecule has 0 amide bonds. The average molecular weight is 271 g/mol. The maximum atomic E-state index is 9.52. The number of aromatic hydroxyl groups is 1. The molecule has 6 heteroatoms. The van der Waals surface area contributed by atoms with Crippen LogP contribution in [0.5, 0.6) is 5.75 Å². The van der Waals surface area contributed by atoms with Gasteiger partial charge in [0.25, 0.3) is 0 Å². The van der Waals surface area contributed by atoms with Crippen molar-refractivity contribution in [2.75, 3.05) is 25.6 Å². The Morgan fingerprint density at radius 1 is 1.59 bits per heavy atom. The molecule has 0 unspecified atom stereocenters. The van der Waals surface area contributed by atoms with Gasteiger partial charge in [0.2, 0.25) is 0 Å². The molecule has 94 valence electrons. The van der Waals surface area contributed by atoms with Crippen molar-refractivity contribution in [2.45, 2.75) is 5.75 Å². The van der Waals surface area contributed by atoms with Crippen LogP contribution in [0.2, 0.25) is 0 Å². The van der Waals surface area contributed by atoms with Crippen molar-refractivity contribution in [2.24, 2.45) is 4.99 Å². The monoisotopic (exact) mass is 271 g/mol. The molecule has 0 saturated heterocycles. The predicted molar refractivity (Wildman–Crippen MR) is 76.9 cm³/mol. The van der Waals surface area contributed by atoms with Crippen LogP contribution in [0.15, 0.2) is 23.3 Å². The number of hydrogen-bond donors (Lipinski definition) is 2. The second-order valence-electron chi connectivity index (χ2n) is 3.18. The lowest BCUT2D eigenvalue weighted by Gasteiger charge is -2.06. The average Bonchev–Trinajstić information content (AvgIpc) is 2.36. The van der Waals surface area contributed by atoms with E-state index in [4.69, 9.17) is 0 Å². The van der Waals surface area contributed by atoms with Gasteiger partial charge in [-0.3, -0.25) is 9.98 Å². The summed E-state index contributed by atoms with van der Waals surface area (Å²) in [5.41, 5.74) is 0.742. The third kappa shape index (κ3) is 5.32. The summed E-state index contributed by atoms with van der Waals surface area (Å²) in [4.78, 5) is 8.21. The Bertz CT molecular complexity index is 371. The minimum absolute atomic E-state index is 0.271. The van der Waals surface area contributed by atoms with Crippen molar-refractivity contribution in [1.29, 1.82) is 0 Å². The molecule has 1 heterocycles. The van der Waals surface area contributed by atoms with Crippen LogP contribution in [-0.4, -0.2) is 40.9 Å². The lowest BCUT2D eigenvalue weighted by Crippen LogP contribution is -2.22. The van der Waals surface area contributed by atoms with Crippen LogP contribution in [0.1, 0.15) is 5.69 Å². The number of pyridine rings is 1. The first-order valence-electron chi connectivity index (χ1n) is 5.23. The van der Waals surface area contributed by atoms with Crippen molar-refractivity contribution in [3.05, 3.63) is 24.0 Å². The quantitative estimate of drug-likeness (QED) is 0.487. The van der Waals surface area contributed by atoms with Crippen molar-refractivity contribution in [3.8, 4) is 5.75 Å². The molecule has 0 radical (unpaired) electrons. The molecule has 0 fully saturated rings. The van der Waals surface area contributed by atoms with Gasteiger partial charge >= 0.3 is 0 Å². The molecule has 4 nitrogen and oxygen atoms in total. The fourth-order valence-electron chi connectivity index (χ4n) is 1.18. The van der Waals surface area contributed by atoms with Gasteiger partial charge in [-0.2, -0.15) is 11.8 Å². The Morgan fingerprint density at radius 3 is 3.06 bits per heavy atom. The molecule has 0 atom stereocenters. The van der Waals surface area contributed by atoms with Crippen molar-refractivity contribution >= 4 is 28.7 Å². The first-order valence-corrected chi connectivity index (χ1v) is 7.61. The van der Waals surface area contributed by atoms with Crippen LogP contribution < -0.4 is 5.32 Å². The smallest absolute Gasteiger partial charge is 0.156 e. The van der Waals surface area contributed by atoms with Gasteiger partial charge in [0.15, 0.2) is 5.17 Å². The molecule has 17 heavy (non-hydrogen) atoms. The number of nitrogens with one attached hydrogen (secondary N) is 1. The van der Waals surface area contributed by atoms with Gasteiger partial charge in [0.1, 0.15) is 5.75 Å². The van der Waals surface area contributed by atoms with Gasteiger partial charge < -0.3 is 10.4 Å². The van der Waals surface area contributed by atoms with Crippen LogP contribution in [-0.2, 0) is 5.75 Å². The highest BCUT2D eigenvalue weighted by atomic mass is 32.2. The van der Waals surface area contributed by atoms with E-state index in [-0.39, 0.29) is 5.75 Å². The highest BCUT2D eigenvalue weighted by Crippen LogP contribution is 2.18. The molecule has 0 bridgehead atoms. The maximum Gasteiger partial charge on any atom is 0.156 e. The lowest BCUT2D eigenvalue weighted by molar-refractivity contribution is 0.467. The van der Waals surface area contributed by atoms with Crippen LogP contribution >= 0.6 is 23.5 Å². The highest BCUT2D eigenvalue weighted by molar-refractivity contribution is 8.13. The second kappa shape index (κ2) is 8.25. The minimum atomic E-state index is 0.271. The van der Waals surface area contributed by atoms with E-state index in [1.165, 1.54) is 0 Å². The van der Waals surface area contributed by atoms with Crippen molar-refractivity contribution in [1.82, 2.24) is 10.3 Å². The number of aliphatic imine (C=N–C) groups is 1. The number of amidine groups is 1. The summed E-state index contributed by atoms with van der Waals surface area (Å²) in [6.07, 6.45) is 3.69. The van der Waals surface area contributed by atoms with Crippen molar-refractivity contribution < 1.29 is 5.11 Å². The lowest BCUT2D eigenvalue weighted by atomic mass is 10.3. The summed E-state index contributed by atoms with van der Waals surface area (Å²) >= 11 is 3.34. The van der Waals surface area contributed by atoms with E-state index in [1.54, 1.807) is 48.9 Å². The number of hydrogen-bond acceptors (Lipinski definition) is 5. The van der Waals surface area contributed by atoms with Crippen LogP contribution in [0.25, 0.3) is 0 Å². The topological polar surface area (TPSA) is 57.5 Å². The molecule has 0 aliphatic heterocycles.